The maximum atomic E-state index is 12.6. The highest BCUT2D eigenvalue weighted by atomic mass is 19.1. The molecule has 0 bridgehead atoms. The molecule has 1 aromatic rings. The molecular formula is C13H18F2O. The van der Waals surface area contributed by atoms with Gasteiger partial charge in [-0.05, 0) is 19.1 Å². The Labute approximate surface area is 95.5 Å². The Morgan fingerprint density at radius 3 is 2.06 bits per heavy atom. The molecule has 0 heterocycles. The fourth-order valence-electron chi connectivity index (χ4n) is 1.13. The van der Waals surface area contributed by atoms with Gasteiger partial charge in [0.05, 0.1) is 5.56 Å². The van der Waals surface area contributed by atoms with Crippen LogP contribution in [-0.2, 0) is 0 Å². The number of Topliss-reactive ketones (excluding diaryl/α,β-unsaturated/α-hetero) is 1. The summed E-state index contributed by atoms with van der Waals surface area (Å²) in [6, 6.07) is 2.88. The van der Waals surface area contributed by atoms with E-state index in [1.165, 1.54) is 26.2 Å². The van der Waals surface area contributed by atoms with Gasteiger partial charge in [0.2, 0.25) is 0 Å². The Morgan fingerprint density at radius 2 is 1.75 bits per heavy atom. The molecule has 0 spiro atoms. The summed E-state index contributed by atoms with van der Waals surface area (Å²) in [6.07, 6.45) is 4.08. The van der Waals surface area contributed by atoms with Gasteiger partial charge in [0, 0.05) is 6.07 Å². The summed E-state index contributed by atoms with van der Waals surface area (Å²) >= 11 is 0. The van der Waals surface area contributed by atoms with E-state index in [4.69, 9.17) is 0 Å². The second-order valence-electron chi connectivity index (χ2n) is 3.53. The van der Waals surface area contributed by atoms with Crippen molar-refractivity contribution in [3.8, 4) is 0 Å². The van der Waals surface area contributed by atoms with Gasteiger partial charge in [-0.25, -0.2) is 8.78 Å². The van der Waals surface area contributed by atoms with Gasteiger partial charge in [0.1, 0.15) is 11.6 Å². The van der Waals surface area contributed by atoms with Crippen molar-refractivity contribution >= 4 is 5.78 Å². The van der Waals surface area contributed by atoms with Gasteiger partial charge in [-0.15, -0.1) is 0 Å². The van der Waals surface area contributed by atoms with E-state index in [0.29, 0.717) is 6.07 Å². The highest BCUT2D eigenvalue weighted by molar-refractivity contribution is 5.94. The molecule has 16 heavy (non-hydrogen) atoms. The minimum atomic E-state index is -0.808. The Kier molecular flexibility index (Phi) is 7.34. The van der Waals surface area contributed by atoms with E-state index in [1.54, 1.807) is 0 Å². The van der Waals surface area contributed by atoms with Crippen molar-refractivity contribution in [3.63, 3.8) is 0 Å². The Bertz CT molecular complexity index is 333. The molecule has 0 fully saturated rings. The standard InChI is InChI=1S/C8H6F2O.C5H12/c1-5(11)7-3-2-6(9)4-8(7)10;1-3-5-4-2/h2-4H,1H3;3-5H2,1-2H3. The molecular weight excluding hydrogens is 210 g/mol. The molecule has 0 aliphatic carbocycles. The van der Waals surface area contributed by atoms with E-state index in [-0.39, 0.29) is 5.56 Å². The maximum Gasteiger partial charge on any atom is 0.162 e. The largest absolute Gasteiger partial charge is 0.294 e. The molecule has 1 nitrogen and oxygen atoms in total. The maximum absolute atomic E-state index is 12.6. The first-order valence-corrected chi connectivity index (χ1v) is 5.48. The first-order valence-electron chi connectivity index (χ1n) is 5.48. The number of benzene rings is 1. The van der Waals surface area contributed by atoms with Crippen LogP contribution in [0.3, 0.4) is 0 Å². The van der Waals surface area contributed by atoms with Crippen LogP contribution < -0.4 is 0 Å². The van der Waals surface area contributed by atoms with Crippen molar-refractivity contribution in [2.75, 3.05) is 0 Å². The van der Waals surface area contributed by atoms with Gasteiger partial charge >= 0.3 is 0 Å². The van der Waals surface area contributed by atoms with E-state index in [1.807, 2.05) is 0 Å². The molecule has 1 aromatic carbocycles. The minimum Gasteiger partial charge on any atom is -0.294 e. The van der Waals surface area contributed by atoms with Crippen molar-refractivity contribution in [1.82, 2.24) is 0 Å². The first-order chi connectivity index (χ1) is 7.52. The molecule has 3 heteroatoms. The average molecular weight is 228 g/mol. The Morgan fingerprint density at radius 1 is 1.19 bits per heavy atom. The number of rotatable bonds is 3. The van der Waals surface area contributed by atoms with Crippen LogP contribution in [0.15, 0.2) is 18.2 Å². The highest BCUT2D eigenvalue weighted by Crippen LogP contribution is 2.09. The van der Waals surface area contributed by atoms with E-state index < -0.39 is 17.4 Å². The number of ketones is 1. The van der Waals surface area contributed by atoms with E-state index >= 15 is 0 Å². The molecule has 0 unspecified atom stereocenters. The third-order valence-corrected chi connectivity index (χ3v) is 2.02. The summed E-state index contributed by atoms with van der Waals surface area (Å²) in [5, 5.41) is 0. The molecule has 0 saturated carbocycles. The summed E-state index contributed by atoms with van der Waals surface area (Å²) in [7, 11) is 0. The van der Waals surface area contributed by atoms with E-state index in [0.717, 1.165) is 12.1 Å². The van der Waals surface area contributed by atoms with Crippen molar-refractivity contribution in [2.24, 2.45) is 0 Å². The van der Waals surface area contributed by atoms with Crippen LogP contribution >= 0.6 is 0 Å². The van der Waals surface area contributed by atoms with Gasteiger partial charge in [0.25, 0.3) is 0 Å². The SMILES string of the molecule is CC(=O)c1ccc(F)cc1F.CCCCC. The van der Waals surface area contributed by atoms with Crippen LogP contribution in [0, 0.1) is 11.6 Å². The van der Waals surface area contributed by atoms with Gasteiger partial charge in [0.15, 0.2) is 5.78 Å². The van der Waals surface area contributed by atoms with Crippen molar-refractivity contribution in [1.29, 1.82) is 0 Å². The molecule has 0 amide bonds. The molecule has 0 aromatic heterocycles. The van der Waals surface area contributed by atoms with Crippen LogP contribution in [0.5, 0.6) is 0 Å². The lowest BCUT2D eigenvalue weighted by Crippen LogP contribution is -1.96. The smallest absolute Gasteiger partial charge is 0.162 e. The number of carbonyl (C=O) groups is 1. The molecule has 0 saturated heterocycles. The second-order valence-corrected chi connectivity index (χ2v) is 3.53. The third-order valence-electron chi connectivity index (χ3n) is 2.02. The predicted octanol–water partition coefficient (Wildman–Crippen LogP) is 4.36. The van der Waals surface area contributed by atoms with Crippen molar-refractivity contribution in [3.05, 3.63) is 35.4 Å². The molecule has 0 radical (unpaired) electrons. The lowest BCUT2D eigenvalue weighted by molar-refractivity contribution is 0.101. The fraction of sp³-hybridized carbons (Fsp3) is 0.462. The van der Waals surface area contributed by atoms with Crippen LogP contribution in [0.4, 0.5) is 8.78 Å². The zero-order valence-electron chi connectivity index (χ0n) is 10.0. The molecule has 90 valence electrons. The zero-order chi connectivity index (χ0) is 12.6. The summed E-state index contributed by atoms with van der Waals surface area (Å²) in [5.41, 5.74) is -0.0774. The molecule has 0 aliphatic rings. The summed E-state index contributed by atoms with van der Waals surface area (Å²) in [6.45, 7) is 5.66. The normalized spacial score (nSPS) is 9.31. The topological polar surface area (TPSA) is 17.1 Å². The van der Waals surface area contributed by atoms with Crippen LogP contribution in [-0.4, -0.2) is 5.78 Å². The van der Waals surface area contributed by atoms with Gasteiger partial charge < -0.3 is 0 Å². The number of unbranched alkanes of at least 4 members (excludes halogenated alkanes) is 2. The third kappa shape index (κ3) is 5.59. The number of hydrogen-bond acceptors (Lipinski definition) is 1. The summed E-state index contributed by atoms with van der Waals surface area (Å²) in [5.74, 6) is -1.88. The number of hydrogen-bond donors (Lipinski definition) is 0. The Balaban J connectivity index is 0.000000385. The minimum absolute atomic E-state index is 0.0774. The zero-order valence-corrected chi connectivity index (χ0v) is 10.0. The summed E-state index contributed by atoms with van der Waals surface area (Å²) < 4.78 is 24.9. The van der Waals surface area contributed by atoms with Gasteiger partial charge in [-0.1, -0.05) is 33.1 Å². The van der Waals surface area contributed by atoms with Crippen LogP contribution in [0.1, 0.15) is 50.4 Å². The quantitative estimate of drug-likeness (QED) is 0.702. The molecule has 1 rings (SSSR count). The average Bonchev–Trinajstić information content (AvgIpc) is 2.19. The monoisotopic (exact) mass is 228 g/mol. The lowest BCUT2D eigenvalue weighted by atomic mass is 10.1. The van der Waals surface area contributed by atoms with E-state index in [9.17, 15) is 13.6 Å². The molecule has 0 aliphatic heterocycles. The first kappa shape index (κ1) is 14.8. The molecule has 0 atom stereocenters. The number of halogens is 2. The number of carbonyl (C=O) groups excluding carboxylic acids is 1. The van der Waals surface area contributed by atoms with Crippen LogP contribution in [0.25, 0.3) is 0 Å². The van der Waals surface area contributed by atoms with Crippen molar-refractivity contribution in [2.45, 2.75) is 40.0 Å². The second kappa shape index (κ2) is 7.97. The van der Waals surface area contributed by atoms with Gasteiger partial charge in [-0.3, -0.25) is 4.79 Å². The predicted molar refractivity (Wildman–Crippen MR) is 61.6 cm³/mol. The lowest BCUT2D eigenvalue weighted by Gasteiger charge is -1.96. The van der Waals surface area contributed by atoms with Crippen LogP contribution in [0.2, 0.25) is 0 Å². The summed E-state index contributed by atoms with van der Waals surface area (Å²) in [4.78, 5) is 10.6. The molecule has 0 N–H and O–H groups in total. The fourth-order valence-corrected chi connectivity index (χ4v) is 1.13. The van der Waals surface area contributed by atoms with E-state index in [2.05, 4.69) is 13.8 Å². The van der Waals surface area contributed by atoms with Gasteiger partial charge in [-0.2, -0.15) is 0 Å². The Hall–Kier alpha value is -1.25. The highest BCUT2D eigenvalue weighted by Gasteiger charge is 2.06. The van der Waals surface area contributed by atoms with Crippen molar-refractivity contribution < 1.29 is 13.6 Å².